The predicted octanol–water partition coefficient (Wildman–Crippen LogP) is 2.69. The minimum absolute atomic E-state index is 0.416. The maximum atomic E-state index is 5.57. The highest BCUT2D eigenvalue weighted by atomic mass is 16.5. The van der Waals surface area contributed by atoms with E-state index in [0.717, 1.165) is 18.9 Å². The first-order valence-electron chi connectivity index (χ1n) is 6.32. The Bertz CT molecular complexity index is 351. The third kappa shape index (κ3) is 4.59. The van der Waals surface area contributed by atoms with E-state index >= 15 is 0 Å². The van der Waals surface area contributed by atoms with Crippen molar-refractivity contribution in [2.24, 2.45) is 11.8 Å². The number of rotatable bonds is 7. The average Bonchev–Trinajstić information content (AvgIpc) is 3.10. The predicted molar refractivity (Wildman–Crippen MR) is 65.2 cm³/mol. The van der Waals surface area contributed by atoms with E-state index in [1.807, 2.05) is 0 Å². The fourth-order valence-electron chi connectivity index (χ4n) is 1.35. The molecule has 1 aliphatic carbocycles. The van der Waals surface area contributed by atoms with Crippen molar-refractivity contribution in [1.82, 2.24) is 9.97 Å². The lowest BCUT2D eigenvalue weighted by atomic mass is 10.1. The minimum Gasteiger partial charge on any atom is -0.477 e. The van der Waals surface area contributed by atoms with E-state index in [4.69, 9.17) is 9.47 Å². The van der Waals surface area contributed by atoms with E-state index in [2.05, 4.69) is 23.8 Å². The molecule has 4 heteroatoms. The number of ether oxygens (including phenoxy) is 2. The van der Waals surface area contributed by atoms with E-state index < -0.39 is 0 Å². The first-order valence-corrected chi connectivity index (χ1v) is 6.32. The van der Waals surface area contributed by atoms with Crippen molar-refractivity contribution in [2.75, 3.05) is 13.2 Å². The van der Waals surface area contributed by atoms with Gasteiger partial charge in [-0.15, -0.1) is 0 Å². The molecule has 1 heterocycles. The Morgan fingerprint density at radius 3 is 2.88 bits per heavy atom. The second-order valence-electron chi connectivity index (χ2n) is 4.96. The molecule has 0 aromatic carbocycles. The van der Waals surface area contributed by atoms with Crippen molar-refractivity contribution in [2.45, 2.75) is 33.1 Å². The SMILES string of the molecule is CC(C)CCOc1nccc(OCC2CC2)n1. The molecular formula is C13H20N2O2. The molecule has 1 fully saturated rings. The zero-order valence-electron chi connectivity index (χ0n) is 10.6. The molecule has 0 N–H and O–H groups in total. The molecule has 94 valence electrons. The molecule has 1 aromatic heterocycles. The fourth-order valence-corrected chi connectivity index (χ4v) is 1.35. The van der Waals surface area contributed by atoms with E-state index in [-0.39, 0.29) is 0 Å². The van der Waals surface area contributed by atoms with Gasteiger partial charge in [-0.1, -0.05) is 13.8 Å². The third-order valence-corrected chi connectivity index (χ3v) is 2.70. The summed E-state index contributed by atoms with van der Waals surface area (Å²) in [6.45, 7) is 5.75. The summed E-state index contributed by atoms with van der Waals surface area (Å²) in [6, 6.07) is 2.19. The molecule has 4 nitrogen and oxygen atoms in total. The number of nitrogens with zero attached hydrogens (tertiary/aromatic N) is 2. The Morgan fingerprint density at radius 1 is 1.35 bits per heavy atom. The zero-order chi connectivity index (χ0) is 12.1. The number of hydrogen-bond acceptors (Lipinski definition) is 4. The van der Waals surface area contributed by atoms with Crippen LogP contribution in [0.2, 0.25) is 0 Å². The van der Waals surface area contributed by atoms with Crippen LogP contribution < -0.4 is 9.47 Å². The first kappa shape index (κ1) is 12.1. The van der Waals surface area contributed by atoms with Crippen molar-refractivity contribution < 1.29 is 9.47 Å². The first-order chi connectivity index (χ1) is 8.24. The lowest BCUT2D eigenvalue weighted by Crippen LogP contribution is -2.06. The Hall–Kier alpha value is -1.32. The lowest BCUT2D eigenvalue weighted by Gasteiger charge is -2.08. The van der Waals surface area contributed by atoms with Crippen LogP contribution in [0.15, 0.2) is 12.3 Å². The highest BCUT2D eigenvalue weighted by molar-refractivity contribution is 5.11. The van der Waals surface area contributed by atoms with Crippen molar-refractivity contribution >= 4 is 0 Å². The van der Waals surface area contributed by atoms with Gasteiger partial charge in [0.15, 0.2) is 0 Å². The average molecular weight is 236 g/mol. The monoisotopic (exact) mass is 236 g/mol. The molecule has 0 atom stereocenters. The third-order valence-electron chi connectivity index (χ3n) is 2.70. The van der Waals surface area contributed by atoms with Crippen LogP contribution >= 0.6 is 0 Å². The number of aromatic nitrogens is 2. The quantitative estimate of drug-likeness (QED) is 0.730. The normalized spacial score (nSPS) is 15.0. The van der Waals surface area contributed by atoms with Crippen molar-refractivity contribution in [3.8, 4) is 11.9 Å². The Morgan fingerprint density at radius 2 is 2.18 bits per heavy atom. The van der Waals surface area contributed by atoms with Crippen LogP contribution in [-0.2, 0) is 0 Å². The summed E-state index contributed by atoms with van der Waals surface area (Å²) in [6.07, 6.45) is 5.25. The Labute approximate surface area is 102 Å². The van der Waals surface area contributed by atoms with Crippen LogP contribution in [0.25, 0.3) is 0 Å². The van der Waals surface area contributed by atoms with Crippen LogP contribution in [0.1, 0.15) is 33.1 Å². The van der Waals surface area contributed by atoms with E-state index in [1.165, 1.54) is 12.8 Å². The highest BCUT2D eigenvalue weighted by Gasteiger charge is 2.22. The van der Waals surface area contributed by atoms with Gasteiger partial charge in [0, 0.05) is 12.3 Å². The molecule has 0 radical (unpaired) electrons. The molecule has 1 aromatic rings. The van der Waals surface area contributed by atoms with Gasteiger partial charge >= 0.3 is 6.01 Å². The van der Waals surface area contributed by atoms with E-state index in [9.17, 15) is 0 Å². The molecular weight excluding hydrogens is 216 g/mol. The molecule has 0 spiro atoms. The fraction of sp³-hybridized carbons (Fsp3) is 0.692. The Balaban J connectivity index is 1.78. The van der Waals surface area contributed by atoms with Gasteiger partial charge in [0.1, 0.15) is 0 Å². The van der Waals surface area contributed by atoms with Crippen LogP contribution in [-0.4, -0.2) is 23.2 Å². The van der Waals surface area contributed by atoms with E-state index in [1.54, 1.807) is 12.3 Å². The van der Waals surface area contributed by atoms with Gasteiger partial charge in [-0.05, 0) is 31.1 Å². The highest BCUT2D eigenvalue weighted by Crippen LogP contribution is 2.29. The van der Waals surface area contributed by atoms with Gasteiger partial charge < -0.3 is 9.47 Å². The summed E-state index contributed by atoms with van der Waals surface area (Å²) in [7, 11) is 0. The zero-order valence-corrected chi connectivity index (χ0v) is 10.6. The second kappa shape index (κ2) is 5.84. The van der Waals surface area contributed by atoms with Crippen LogP contribution in [0.5, 0.6) is 11.9 Å². The Kier molecular flexibility index (Phi) is 4.18. The van der Waals surface area contributed by atoms with Gasteiger partial charge in [0.05, 0.1) is 13.2 Å². The van der Waals surface area contributed by atoms with Gasteiger partial charge in [-0.3, -0.25) is 0 Å². The lowest BCUT2D eigenvalue weighted by molar-refractivity contribution is 0.251. The topological polar surface area (TPSA) is 44.2 Å². The maximum Gasteiger partial charge on any atom is 0.319 e. The van der Waals surface area contributed by atoms with Gasteiger partial charge in [-0.25, -0.2) is 4.98 Å². The summed E-state index contributed by atoms with van der Waals surface area (Å²) in [5.74, 6) is 1.98. The van der Waals surface area contributed by atoms with Crippen molar-refractivity contribution in [1.29, 1.82) is 0 Å². The van der Waals surface area contributed by atoms with Gasteiger partial charge in [0.2, 0.25) is 5.88 Å². The molecule has 0 amide bonds. The standard InChI is InChI=1S/C13H20N2O2/c1-10(2)6-8-16-13-14-7-5-12(15-13)17-9-11-3-4-11/h5,7,10-11H,3-4,6,8-9H2,1-2H3. The molecule has 1 saturated carbocycles. The second-order valence-corrected chi connectivity index (χ2v) is 4.96. The summed E-state index contributed by atoms with van der Waals surface area (Å²) in [4.78, 5) is 8.28. The molecule has 0 aliphatic heterocycles. The van der Waals surface area contributed by atoms with Crippen LogP contribution in [0.3, 0.4) is 0 Å². The summed E-state index contributed by atoms with van der Waals surface area (Å²) in [5.41, 5.74) is 0. The molecule has 0 unspecified atom stereocenters. The smallest absolute Gasteiger partial charge is 0.319 e. The van der Waals surface area contributed by atoms with Gasteiger partial charge in [-0.2, -0.15) is 4.98 Å². The largest absolute Gasteiger partial charge is 0.477 e. The van der Waals surface area contributed by atoms with Gasteiger partial charge in [0.25, 0.3) is 0 Å². The number of hydrogen-bond donors (Lipinski definition) is 0. The minimum atomic E-state index is 0.416. The summed E-state index contributed by atoms with van der Waals surface area (Å²) >= 11 is 0. The van der Waals surface area contributed by atoms with Crippen molar-refractivity contribution in [3.05, 3.63) is 12.3 Å². The molecule has 2 rings (SSSR count). The van der Waals surface area contributed by atoms with E-state index in [0.29, 0.717) is 24.4 Å². The molecule has 1 aliphatic rings. The molecule has 0 bridgehead atoms. The summed E-state index contributed by atoms with van der Waals surface area (Å²) < 4.78 is 11.0. The maximum absolute atomic E-state index is 5.57. The summed E-state index contributed by atoms with van der Waals surface area (Å²) in [5, 5.41) is 0. The van der Waals surface area contributed by atoms with Crippen LogP contribution in [0.4, 0.5) is 0 Å². The van der Waals surface area contributed by atoms with Crippen LogP contribution in [0, 0.1) is 11.8 Å². The molecule has 0 saturated heterocycles. The van der Waals surface area contributed by atoms with Crippen molar-refractivity contribution in [3.63, 3.8) is 0 Å². The molecule has 17 heavy (non-hydrogen) atoms.